The van der Waals surface area contributed by atoms with Gasteiger partial charge in [-0.15, -0.1) is 0 Å². The summed E-state index contributed by atoms with van der Waals surface area (Å²) in [7, 11) is 1.32. The molecule has 718 valence electrons. The molecule has 0 aliphatic carbocycles. The van der Waals surface area contributed by atoms with Gasteiger partial charge in [0.1, 0.15) is 150 Å². The smallest absolute Gasteiger partial charge is 0.335 e. The highest BCUT2D eigenvalue weighted by molar-refractivity contribution is 6.37. The van der Waals surface area contributed by atoms with Gasteiger partial charge in [-0.3, -0.25) is 33.6 Å². The molecular formula is C86H89Cl5N8O35. The number of nitrogens with one attached hydrogen (secondary N) is 8. The van der Waals surface area contributed by atoms with Crippen LogP contribution in [0.4, 0.5) is 0 Å². The largest absolute Gasteiger partial charge is 0.508 e. The van der Waals surface area contributed by atoms with Crippen molar-refractivity contribution in [3.63, 3.8) is 0 Å². The minimum atomic E-state index is -2.79. The third-order valence-electron chi connectivity index (χ3n) is 23.3. The second-order valence-electron chi connectivity index (χ2n) is 32.8. The minimum absolute atomic E-state index is 0.0419. The molecule has 7 aromatic carbocycles. The van der Waals surface area contributed by atoms with Gasteiger partial charge in [0.25, 0.3) is 0 Å². The molecule has 7 amide bonds. The molecule has 0 spiro atoms. The number of fused-ring (bicyclic) bond motifs is 14. The van der Waals surface area contributed by atoms with Crippen molar-refractivity contribution in [2.24, 2.45) is 5.92 Å². The van der Waals surface area contributed by atoms with Crippen molar-refractivity contribution in [1.82, 2.24) is 42.5 Å². The third-order valence-corrected chi connectivity index (χ3v) is 24.8. The van der Waals surface area contributed by atoms with E-state index in [4.69, 9.17) is 101 Å². The SMILES string of the molecule is CN[C@H]1C(=O)N[C@H]2C(=O)NC(C(=O)N[C@H]3C(=O)N[C@H]4C(=O)N[C@H](C(=O)N[C@H](C(=O)O)c5cc(O)cc(O)c5-c5cc4cc(Cl)c5O[C@@H]4O[C@H](CO)[C@@H](O)[C@H](O)[C@H]4O)[C@H](O[C@H]4O[C@H](C(=O)O)[C@@H](O)[C@H](O)[C@H]4NC(=O)CCCCCC(C)C)c4cc(Cl)c(c(Cl)c4)Oc4cc3cc(c4O[C@@H]3O[C@H](CO)[C@@H](O)[C@H](O)[C@@H]3O)Oc3ccc(cc3Cl)[C@H]2O)c2cc(cc(O)c2Cl)Oc2cc1ccc2O. The van der Waals surface area contributed by atoms with E-state index < -0.39 is 346 Å². The first-order valence-corrected chi connectivity index (χ1v) is 43.2. The van der Waals surface area contributed by atoms with Crippen LogP contribution >= 0.6 is 58.0 Å². The standard InChI is InChI=1S/C86H89Cl5N8O35/c1-27(2)7-5-4-6-8-51(106)93-60-65(110)68(113)75(83(124)125)134-84(60)131-71-32-16-40(89)73(41(90)17-32)128-48-20-31-19-47(74(48)133-86-70(115)67(112)64(109)50(26-101)130-86)127-45-12-10-29(14-38(45)87)62(107)59-80(120)96-57(37-23-34(24-44(105)53(37)91)126-46-18-28(9-11-42(46)103)54(92-3)76(116)98-59)79(119)95-56(31)77(117)94-55-30-13-36(72(39(88)15-30)132-85-69(114)66(111)63(108)49(25-100)129-85)52-35(21-33(102)22-43(52)104)58(82(122)123)97-81(121)61(71)99-78(55)118/h9-24,27,49-50,54-71,75,84-86,92,100-105,107-115H,4-8,25-26H2,1-3H3,(H,93,106)(H,94,117)(H,95,119)(H,96,120)(H,97,121)(H,98,116)(H,99,118)(H,122,123)(H,124,125)/t49-,50-,54-,55-,56-,57?,58+,59-,60-,61+,62-,63-,64-,65-,66+,67+,68+,69-,70+,71-,75+,84+,85+,86+/m1/s1. The van der Waals surface area contributed by atoms with Crippen LogP contribution in [-0.2, 0) is 62.1 Å². The van der Waals surface area contributed by atoms with Crippen molar-refractivity contribution in [3.8, 4) is 80.1 Å². The minimum Gasteiger partial charge on any atom is -0.508 e. The lowest BCUT2D eigenvalue weighted by molar-refractivity contribution is -0.278. The number of aliphatic carboxylic acids is 2. The molecule has 17 bridgehead atoms. The Balaban J connectivity index is 1.06. The number of benzene rings is 7. The number of aliphatic hydroxyl groups excluding tert-OH is 11. The fourth-order valence-corrected chi connectivity index (χ4v) is 17.6. The number of rotatable bonds is 18. The van der Waals surface area contributed by atoms with Crippen LogP contribution in [0.25, 0.3) is 11.1 Å². The van der Waals surface area contributed by atoms with Crippen LogP contribution in [-0.4, -0.2) is 265 Å². The molecule has 0 radical (unpaired) electrons. The molecule has 48 heteroatoms. The van der Waals surface area contributed by atoms with Crippen molar-refractivity contribution in [2.45, 2.75) is 193 Å². The van der Waals surface area contributed by atoms with Crippen LogP contribution in [0.1, 0.15) is 127 Å². The van der Waals surface area contributed by atoms with Crippen LogP contribution in [0.5, 0.6) is 69.0 Å². The first kappa shape index (κ1) is 98.8. The van der Waals surface area contributed by atoms with Crippen LogP contribution in [0.2, 0.25) is 25.1 Å². The second-order valence-corrected chi connectivity index (χ2v) is 34.8. The van der Waals surface area contributed by atoms with Crippen molar-refractivity contribution >= 4 is 111 Å². The molecule has 9 aliphatic rings. The van der Waals surface area contributed by atoms with E-state index in [9.17, 15) is 106 Å². The number of phenols is 4. The third kappa shape index (κ3) is 20.2. The molecule has 7 aromatic rings. The number of unbranched alkanes of at least 4 members (excludes halogenated alkanes) is 2. The van der Waals surface area contributed by atoms with E-state index in [0.717, 1.165) is 79.2 Å². The number of hydrogen-bond donors (Lipinski definition) is 25. The van der Waals surface area contributed by atoms with Gasteiger partial charge in [-0.1, -0.05) is 103 Å². The van der Waals surface area contributed by atoms with E-state index in [1.54, 1.807) is 0 Å². The van der Waals surface area contributed by atoms with Gasteiger partial charge in [0.2, 0.25) is 59.7 Å². The van der Waals surface area contributed by atoms with E-state index in [0.29, 0.717) is 25.0 Å². The van der Waals surface area contributed by atoms with E-state index >= 15 is 24.0 Å². The van der Waals surface area contributed by atoms with E-state index in [1.807, 2.05) is 13.8 Å². The number of amides is 7. The zero-order valence-electron chi connectivity index (χ0n) is 70.0. The zero-order valence-corrected chi connectivity index (χ0v) is 73.7. The first-order chi connectivity index (χ1) is 63.6. The average molecular weight is 1970 g/mol. The summed E-state index contributed by atoms with van der Waals surface area (Å²) in [5.41, 5.74) is -5.62. The molecule has 9 heterocycles. The van der Waals surface area contributed by atoms with Gasteiger partial charge in [-0.25, -0.2) is 9.59 Å². The molecule has 0 aromatic heterocycles. The van der Waals surface area contributed by atoms with Crippen LogP contribution in [0, 0.1) is 5.92 Å². The molecule has 25 N–H and O–H groups in total. The Hall–Kier alpha value is -11.2. The molecule has 16 rings (SSSR count). The lowest BCUT2D eigenvalue weighted by atomic mass is 9.89. The van der Waals surface area contributed by atoms with Gasteiger partial charge in [-0.05, 0) is 120 Å². The summed E-state index contributed by atoms with van der Waals surface area (Å²) in [5, 5.41) is 210. The number of carboxylic acid groups (broad SMARTS) is 2. The highest BCUT2D eigenvalue weighted by Gasteiger charge is 2.54. The number of aliphatic hydroxyl groups is 11. The Morgan fingerprint density at radius 1 is 0.470 bits per heavy atom. The first-order valence-electron chi connectivity index (χ1n) is 41.4. The number of aromatic hydroxyl groups is 4. The predicted octanol–water partition coefficient (Wildman–Crippen LogP) is 2.29. The highest BCUT2D eigenvalue weighted by atomic mass is 35.5. The number of likely N-dealkylation sites (N-methyl/N-ethyl adjacent to an activating group) is 1. The van der Waals surface area contributed by atoms with E-state index in [1.165, 1.54) is 19.2 Å². The summed E-state index contributed by atoms with van der Waals surface area (Å²) in [5.74, 6) is -23.7. The molecular weight excluding hydrogens is 1880 g/mol. The number of ether oxygens (including phenoxy) is 9. The summed E-state index contributed by atoms with van der Waals surface area (Å²) in [6.45, 7) is 1.77. The van der Waals surface area contributed by atoms with Gasteiger partial charge in [0.05, 0.1) is 38.3 Å². The van der Waals surface area contributed by atoms with Gasteiger partial charge in [0.15, 0.2) is 47.2 Å². The molecule has 24 atom stereocenters. The van der Waals surface area contributed by atoms with E-state index in [-0.39, 0.29) is 29.9 Å². The summed E-state index contributed by atoms with van der Waals surface area (Å²) < 4.78 is 56.2. The lowest BCUT2D eigenvalue weighted by Gasteiger charge is -2.43. The molecule has 3 saturated heterocycles. The summed E-state index contributed by atoms with van der Waals surface area (Å²) in [6.07, 6.45) is -34.5. The van der Waals surface area contributed by atoms with Gasteiger partial charge in [0, 0.05) is 40.8 Å². The summed E-state index contributed by atoms with van der Waals surface area (Å²) in [4.78, 5) is 139. The molecule has 3 fully saturated rings. The van der Waals surface area contributed by atoms with Crippen molar-refractivity contribution in [3.05, 3.63) is 161 Å². The van der Waals surface area contributed by atoms with Crippen LogP contribution in [0.15, 0.2) is 97.1 Å². The van der Waals surface area contributed by atoms with Gasteiger partial charge < -0.3 is 172 Å². The van der Waals surface area contributed by atoms with Gasteiger partial charge in [-0.2, -0.15) is 0 Å². The number of halogens is 5. The number of phenolic OH excluding ortho intramolecular Hbond substituents is 4. The molecule has 0 saturated carbocycles. The van der Waals surface area contributed by atoms with Crippen molar-refractivity contribution in [2.75, 3.05) is 20.3 Å². The normalized spacial score (nSPS) is 29.3. The maximum absolute atomic E-state index is 17.1. The Labute approximate surface area is 782 Å². The Bertz CT molecular complexity index is 5720. The molecule has 43 nitrogen and oxygen atoms in total. The topological polar surface area (TPSA) is 677 Å². The Morgan fingerprint density at radius 2 is 1.04 bits per heavy atom. The number of carbonyl (C=O) groups excluding carboxylic acids is 7. The average Bonchev–Trinajstić information content (AvgIpc) is 0.748. The number of hydrogen-bond acceptors (Lipinski definition) is 34. The second kappa shape index (κ2) is 40.8. The molecule has 134 heavy (non-hydrogen) atoms. The fourth-order valence-electron chi connectivity index (χ4n) is 16.3. The Morgan fingerprint density at radius 3 is 1.65 bits per heavy atom. The van der Waals surface area contributed by atoms with E-state index in [2.05, 4.69) is 42.5 Å². The predicted molar refractivity (Wildman–Crippen MR) is 459 cm³/mol. The maximum atomic E-state index is 17.1. The lowest BCUT2D eigenvalue weighted by Crippen LogP contribution is -2.66. The monoisotopic (exact) mass is 1970 g/mol. The quantitative estimate of drug-likeness (QED) is 0.0548. The van der Waals surface area contributed by atoms with Crippen LogP contribution in [0.3, 0.4) is 0 Å². The Kier molecular flexibility index (Phi) is 30.0. The maximum Gasteiger partial charge on any atom is 0.335 e. The van der Waals surface area contributed by atoms with Crippen LogP contribution < -0.4 is 66.2 Å². The zero-order chi connectivity index (χ0) is 96.9. The number of carboxylic acids is 2. The number of carbonyl (C=O) groups is 9. The van der Waals surface area contributed by atoms with Gasteiger partial charge >= 0.3 is 11.9 Å². The van der Waals surface area contributed by atoms with Crippen molar-refractivity contribution in [1.29, 1.82) is 0 Å². The summed E-state index contributed by atoms with van der Waals surface area (Å²) >= 11 is 36.3. The highest BCUT2D eigenvalue weighted by Crippen LogP contribution is 2.53. The van der Waals surface area contributed by atoms with Crippen molar-refractivity contribution < 1.29 is 173 Å². The molecule has 1 unspecified atom stereocenters. The summed E-state index contributed by atoms with van der Waals surface area (Å²) in [6, 6.07) is -4.52. The fraction of sp³-hybridized carbons (Fsp3) is 0.407. The molecule has 9 aliphatic heterocycles.